The van der Waals surface area contributed by atoms with Crippen LogP contribution in [-0.2, 0) is 19.6 Å². The summed E-state index contributed by atoms with van der Waals surface area (Å²) < 4.78 is 33.3. The summed E-state index contributed by atoms with van der Waals surface area (Å²) in [5.74, 6) is -1.01. The van der Waals surface area contributed by atoms with Crippen molar-refractivity contribution in [1.82, 2.24) is 4.31 Å². The minimum Gasteiger partial charge on any atom is -0.465 e. The fourth-order valence-electron chi connectivity index (χ4n) is 3.75. The van der Waals surface area contributed by atoms with E-state index < -0.39 is 27.9 Å². The molecular formula is C22H22N2O5S2. The molecule has 0 spiro atoms. The van der Waals surface area contributed by atoms with Crippen molar-refractivity contribution in [2.45, 2.75) is 30.7 Å². The Morgan fingerprint density at radius 3 is 2.55 bits per heavy atom. The Balaban J connectivity index is 1.66. The number of hydrogen-bond donors (Lipinski definition) is 1. The van der Waals surface area contributed by atoms with Crippen molar-refractivity contribution < 1.29 is 22.7 Å². The van der Waals surface area contributed by atoms with Crippen LogP contribution in [0.3, 0.4) is 0 Å². The molecular weight excluding hydrogens is 436 g/mol. The second kappa shape index (κ2) is 8.41. The number of fused-ring (bicyclic) bond motifs is 1. The Kier molecular flexibility index (Phi) is 5.83. The van der Waals surface area contributed by atoms with Gasteiger partial charge in [0.25, 0.3) is 0 Å². The van der Waals surface area contributed by atoms with E-state index in [1.54, 1.807) is 24.3 Å². The molecule has 1 aliphatic rings. The predicted molar refractivity (Wildman–Crippen MR) is 120 cm³/mol. The highest BCUT2D eigenvalue weighted by Gasteiger charge is 2.40. The van der Waals surface area contributed by atoms with E-state index in [4.69, 9.17) is 4.74 Å². The summed E-state index contributed by atoms with van der Waals surface area (Å²) in [6, 6.07) is 13.1. The van der Waals surface area contributed by atoms with Crippen molar-refractivity contribution in [3.8, 4) is 0 Å². The summed E-state index contributed by atoms with van der Waals surface area (Å²) in [5.41, 5.74) is 1.31. The maximum Gasteiger partial charge on any atom is 0.350 e. The summed E-state index contributed by atoms with van der Waals surface area (Å²) in [4.78, 5) is 25.9. The van der Waals surface area contributed by atoms with Gasteiger partial charge in [0.2, 0.25) is 15.9 Å². The number of rotatable bonds is 5. The number of anilines is 1. The molecule has 7 nitrogen and oxygen atoms in total. The third kappa shape index (κ3) is 3.96. The molecule has 2 aromatic carbocycles. The number of esters is 1. The first-order valence-electron chi connectivity index (χ1n) is 9.82. The first-order chi connectivity index (χ1) is 14.8. The van der Waals surface area contributed by atoms with Crippen molar-refractivity contribution >= 4 is 49.0 Å². The van der Waals surface area contributed by atoms with Crippen molar-refractivity contribution in [3.05, 3.63) is 59.0 Å². The zero-order valence-corrected chi connectivity index (χ0v) is 18.8. The molecule has 1 fully saturated rings. The van der Waals surface area contributed by atoms with Crippen molar-refractivity contribution in [2.24, 2.45) is 0 Å². The molecule has 1 aliphatic heterocycles. The second-order valence-corrected chi connectivity index (χ2v) is 10.3. The van der Waals surface area contributed by atoms with Gasteiger partial charge < -0.3 is 10.1 Å². The predicted octanol–water partition coefficient (Wildman–Crippen LogP) is 3.79. The van der Waals surface area contributed by atoms with Gasteiger partial charge in [-0.05, 0) is 38.0 Å². The minimum atomic E-state index is -3.82. The van der Waals surface area contributed by atoms with Gasteiger partial charge in [0.15, 0.2) is 0 Å². The van der Waals surface area contributed by atoms with E-state index in [-0.39, 0.29) is 16.3 Å². The number of amides is 1. The molecule has 1 saturated heterocycles. The number of carbonyl (C=O) groups excluding carboxylic acids is 2. The lowest BCUT2D eigenvalue weighted by atomic mass is 10.2. The van der Waals surface area contributed by atoms with Gasteiger partial charge in [0.05, 0.1) is 17.7 Å². The highest BCUT2D eigenvalue weighted by Crippen LogP contribution is 2.37. The van der Waals surface area contributed by atoms with Gasteiger partial charge >= 0.3 is 5.97 Å². The number of nitrogens with one attached hydrogen (secondary N) is 1. The van der Waals surface area contributed by atoms with Crippen LogP contribution in [0.2, 0.25) is 0 Å². The highest BCUT2D eigenvalue weighted by atomic mass is 32.2. The zero-order chi connectivity index (χ0) is 22.2. The summed E-state index contributed by atoms with van der Waals surface area (Å²) in [7, 11) is -2.54. The van der Waals surface area contributed by atoms with Crippen LogP contribution < -0.4 is 5.32 Å². The third-order valence-corrected chi connectivity index (χ3v) is 8.42. The van der Waals surface area contributed by atoms with E-state index in [0.29, 0.717) is 23.9 Å². The Labute approximate surface area is 184 Å². The molecule has 0 radical (unpaired) electrons. The summed E-state index contributed by atoms with van der Waals surface area (Å²) in [6.07, 6.45) is 0.990. The second-order valence-electron chi connectivity index (χ2n) is 7.37. The van der Waals surface area contributed by atoms with E-state index in [1.165, 1.54) is 22.8 Å². The molecule has 2 heterocycles. The summed E-state index contributed by atoms with van der Waals surface area (Å²) in [5, 5.41) is 3.53. The number of hydrogen-bond acceptors (Lipinski definition) is 6. The van der Waals surface area contributed by atoms with E-state index in [1.807, 2.05) is 31.2 Å². The van der Waals surface area contributed by atoms with Crippen molar-refractivity contribution in [3.63, 3.8) is 0 Å². The molecule has 162 valence electrons. The SMILES string of the molecule is COC(=O)c1sc2ccccc2c1NC(=O)[C@H]1CCCN1S(=O)(=O)c1ccc(C)cc1. The van der Waals surface area contributed by atoms with Crippen LogP contribution in [0.15, 0.2) is 53.4 Å². The lowest BCUT2D eigenvalue weighted by molar-refractivity contribution is -0.119. The van der Waals surface area contributed by atoms with Crippen LogP contribution in [0.25, 0.3) is 10.1 Å². The van der Waals surface area contributed by atoms with Gasteiger partial charge in [0.1, 0.15) is 10.9 Å². The fraction of sp³-hybridized carbons (Fsp3) is 0.273. The Hall–Kier alpha value is -2.75. The van der Waals surface area contributed by atoms with Crippen LogP contribution in [0.4, 0.5) is 5.69 Å². The molecule has 0 bridgehead atoms. The lowest BCUT2D eigenvalue weighted by Crippen LogP contribution is -2.43. The van der Waals surface area contributed by atoms with Crippen LogP contribution in [-0.4, -0.2) is 44.3 Å². The smallest absolute Gasteiger partial charge is 0.350 e. The molecule has 3 aromatic rings. The van der Waals surface area contributed by atoms with Crippen LogP contribution >= 0.6 is 11.3 Å². The number of thiophene rings is 1. The highest BCUT2D eigenvalue weighted by molar-refractivity contribution is 7.89. The van der Waals surface area contributed by atoms with Gasteiger partial charge in [-0.25, -0.2) is 13.2 Å². The zero-order valence-electron chi connectivity index (χ0n) is 17.1. The van der Waals surface area contributed by atoms with Crippen LogP contribution in [0.1, 0.15) is 28.1 Å². The molecule has 9 heteroatoms. The monoisotopic (exact) mass is 458 g/mol. The normalized spacial score (nSPS) is 17.0. The molecule has 0 saturated carbocycles. The lowest BCUT2D eigenvalue weighted by Gasteiger charge is -2.23. The van der Waals surface area contributed by atoms with Crippen molar-refractivity contribution in [2.75, 3.05) is 19.0 Å². The van der Waals surface area contributed by atoms with Gasteiger partial charge in [-0.15, -0.1) is 11.3 Å². The maximum absolute atomic E-state index is 13.2. The number of benzene rings is 2. The Morgan fingerprint density at radius 1 is 1.13 bits per heavy atom. The van der Waals surface area contributed by atoms with Gasteiger partial charge in [-0.1, -0.05) is 35.9 Å². The maximum atomic E-state index is 13.2. The molecule has 0 aliphatic carbocycles. The number of methoxy groups -OCH3 is 1. The first kappa shape index (κ1) is 21.5. The standard InChI is InChI=1S/C22H22N2O5S2/c1-14-9-11-15(12-10-14)31(27,28)24-13-5-7-17(24)21(25)23-19-16-6-3-4-8-18(16)30-20(19)22(26)29-2/h3-4,6,8-12,17H,5,7,13H2,1-2H3,(H,23,25)/t17-/m1/s1. The Morgan fingerprint density at radius 2 is 1.84 bits per heavy atom. The molecule has 0 unspecified atom stereocenters. The molecule has 31 heavy (non-hydrogen) atoms. The number of nitrogens with zero attached hydrogens (tertiary/aromatic N) is 1. The molecule has 1 atom stereocenters. The van der Waals surface area contributed by atoms with Crippen LogP contribution in [0.5, 0.6) is 0 Å². The molecule has 1 amide bonds. The average molecular weight is 459 g/mol. The molecule has 1 aromatic heterocycles. The van der Waals surface area contributed by atoms with Crippen molar-refractivity contribution in [1.29, 1.82) is 0 Å². The van der Waals surface area contributed by atoms with E-state index in [9.17, 15) is 18.0 Å². The minimum absolute atomic E-state index is 0.161. The fourth-order valence-corrected chi connectivity index (χ4v) is 6.48. The molecule has 4 rings (SSSR count). The van der Waals surface area contributed by atoms with E-state index in [2.05, 4.69) is 5.32 Å². The number of ether oxygens (including phenoxy) is 1. The Bertz CT molecular complexity index is 1250. The molecule has 1 N–H and O–H groups in total. The average Bonchev–Trinajstić information content (AvgIpc) is 3.40. The van der Waals surface area contributed by atoms with Gasteiger partial charge in [-0.3, -0.25) is 4.79 Å². The number of sulfonamides is 1. The summed E-state index contributed by atoms with van der Waals surface area (Å²) in [6.45, 7) is 2.15. The number of carbonyl (C=O) groups is 2. The van der Waals surface area contributed by atoms with Gasteiger partial charge in [-0.2, -0.15) is 4.31 Å². The first-order valence-corrected chi connectivity index (χ1v) is 12.1. The topological polar surface area (TPSA) is 92.8 Å². The largest absolute Gasteiger partial charge is 0.465 e. The number of aryl methyl sites for hydroxylation is 1. The van der Waals surface area contributed by atoms with Crippen LogP contribution in [0, 0.1) is 6.92 Å². The third-order valence-electron chi connectivity index (χ3n) is 5.35. The quantitative estimate of drug-likeness (QED) is 0.587. The van der Waals surface area contributed by atoms with Gasteiger partial charge in [0, 0.05) is 16.6 Å². The van der Waals surface area contributed by atoms with E-state index in [0.717, 1.165) is 10.3 Å². The van der Waals surface area contributed by atoms with E-state index >= 15 is 0 Å². The summed E-state index contributed by atoms with van der Waals surface area (Å²) >= 11 is 1.22.